The minimum absolute atomic E-state index is 0.0419. The number of thioether (sulfide) groups is 1. The van der Waals surface area contributed by atoms with Gasteiger partial charge in [0.1, 0.15) is 0 Å². The number of aryl methyl sites for hydroxylation is 1. The lowest BCUT2D eigenvalue weighted by Crippen LogP contribution is -2.40. The molecule has 0 aliphatic carbocycles. The van der Waals surface area contributed by atoms with Gasteiger partial charge in [0.2, 0.25) is 0 Å². The zero-order valence-electron chi connectivity index (χ0n) is 11.0. The number of nitrogens with one attached hydrogen (secondary N) is 1. The second-order valence-corrected chi connectivity index (χ2v) is 5.59. The van der Waals surface area contributed by atoms with Crippen molar-refractivity contribution in [1.29, 1.82) is 5.26 Å². The lowest BCUT2D eigenvalue weighted by molar-refractivity contribution is 0.217. The lowest BCUT2D eigenvalue weighted by atomic mass is 10.1. The number of benzene rings is 1. The van der Waals surface area contributed by atoms with E-state index in [9.17, 15) is 4.79 Å². The molecule has 0 spiro atoms. The van der Waals surface area contributed by atoms with Gasteiger partial charge in [-0.05, 0) is 30.2 Å². The molecule has 1 aromatic carbocycles. The van der Waals surface area contributed by atoms with Gasteiger partial charge in [-0.15, -0.1) is 0 Å². The molecule has 0 bridgehead atoms. The summed E-state index contributed by atoms with van der Waals surface area (Å²) < 4.78 is 0. The fraction of sp³-hybridized carbons (Fsp3) is 0.429. The number of amides is 2. The van der Waals surface area contributed by atoms with Gasteiger partial charge in [0, 0.05) is 30.3 Å². The summed E-state index contributed by atoms with van der Waals surface area (Å²) in [5.41, 5.74) is 2.44. The van der Waals surface area contributed by atoms with E-state index in [0.717, 1.165) is 42.3 Å². The maximum atomic E-state index is 12.1. The Morgan fingerprint density at radius 1 is 1.47 bits per heavy atom. The van der Waals surface area contributed by atoms with Gasteiger partial charge in [-0.1, -0.05) is 6.92 Å². The summed E-state index contributed by atoms with van der Waals surface area (Å²) in [6.07, 6.45) is 0.793. The molecule has 2 rings (SSSR count). The molecule has 0 radical (unpaired) electrons. The highest BCUT2D eigenvalue weighted by Crippen LogP contribution is 2.19. The Morgan fingerprint density at radius 3 is 2.84 bits per heavy atom. The van der Waals surface area contributed by atoms with Crippen molar-refractivity contribution >= 4 is 23.5 Å². The first kappa shape index (κ1) is 13.8. The van der Waals surface area contributed by atoms with Crippen LogP contribution in [-0.2, 0) is 6.42 Å². The summed E-state index contributed by atoms with van der Waals surface area (Å²) in [4.78, 5) is 14.0. The average Bonchev–Trinajstić information content (AvgIpc) is 2.48. The molecule has 5 heteroatoms. The molecule has 1 aliphatic rings. The van der Waals surface area contributed by atoms with E-state index in [1.807, 2.05) is 35.7 Å². The molecular weight excluding hydrogens is 258 g/mol. The van der Waals surface area contributed by atoms with Crippen LogP contribution in [0.1, 0.15) is 18.1 Å². The molecular formula is C14H17N3OS. The minimum Gasteiger partial charge on any atom is -0.323 e. The van der Waals surface area contributed by atoms with Crippen molar-refractivity contribution in [1.82, 2.24) is 4.90 Å². The van der Waals surface area contributed by atoms with Crippen molar-refractivity contribution in [2.24, 2.45) is 0 Å². The van der Waals surface area contributed by atoms with Crippen LogP contribution in [0.25, 0.3) is 0 Å². The summed E-state index contributed by atoms with van der Waals surface area (Å²) >= 11 is 1.88. The third-order valence-corrected chi connectivity index (χ3v) is 4.10. The Hall–Kier alpha value is -1.67. The second kappa shape index (κ2) is 6.48. The van der Waals surface area contributed by atoms with E-state index in [4.69, 9.17) is 5.26 Å². The molecule has 0 saturated carbocycles. The number of hydrogen-bond acceptors (Lipinski definition) is 3. The van der Waals surface area contributed by atoms with Gasteiger partial charge >= 0.3 is 6.03 Å². The Kier molecular flexibility index (Phi) is 4.69. The minimum atomic E-state index is -0.0419. The fourth-order valence-corrected chi connectivity index (χ4v) is 2.94. The van der Waals surface area contributed by atoms with E-state index in [0.29, 0.717) is 5.56 Å². The molecule has 0 unspecified atom stereocenters. The standard InChI is InChI=1S/C14H17N3OS/c1-2-12-9-11(10-15)3-4-13(12)16-14(18)17-5-7-19-8-6-17/h3-4,9H,2,5-8H2,1H3,(H,16,18). The van der Waals surface area contributed by atoms with Crippen LogP contribution in [0.2, 0.25) is 0 Å². The Labute approximate surface area is 117 Å². The Morgan fingerprint density at radius 2 is 2.21 bits per heavy atom. The molecule has 1 aromatic rings. The molecule has 19 heavy (non-hydrogen) atoms. The quantitative estimate of drug-likeness (QED) is 0.903. The zero-order valence-corrected chi connectivity index (χ0v) is 11.8. The smallest absolute Gasteiger partial charge is 0.321 e. The lowest BCUT2D eigenvalue weighted by Gasteiger charge is -2.27. The molecule has 0 aromatic heterocycles. The van der Waals surface area contributed by atoms with E-state index >= 15 is 0 Å². The number of carbonyl (C=O) groups excluding carboxylic acids is 1. The van der Waals surface area contributed by atoms with Gasteiger partial charge in [-0.3, -0.25) is 0 Å². The summed E-state index contributed by atoms with van der Waals surface area (Å²) in [6, 6.07) is 7.46. The molecule has 1 heterocycles. The topological polar surface area (TPSA) is 56.1 Å². The number of nitrogens with zero attached hydrogens (tertiary/aromatic N) is 2. The predicted molar refractivity (Wildman–Crippen MR) is 78.5 cm³/mol. The molecule has 4 nitrogen and oxygen atoms in total. The molecule has 0 atom stereocenters. The van der Waals surface area contributed by atoms with Crippen LogP contribution < -0.4 is 5.32 Å². The van der Waals surface area contributed by atoms with Crippen LogP contribution in [0.3, 0.4) is 0 Å². The third-order valence-electron chi connectivity index (χ3n) is 3.16. The third kappa shape index (κ3) is 3.42. The molecule has 1 saturated heterocycles. The van der Waals surface area contributed by atoms with E-state index in [1.54, 1.807) is 6.07 Å². The van der Waals surface area contributed by atoms with E-state index < -0.39 is 0 Å². The van der Waals surface area contributed by atoms with Crippen LogP contribution in [0.5, 0.6) is 0 Å². The maximum Gasteiger partial charge on any atom is 0.321 e. The highest BCUT2D eigenvalue weighted by Gasteiger charge is 2.17. The van der Waals surface area contributed by atoms with Gasteiger partial charge in [0.25, 0.3) is 0 Å². The number of hydrogen-bond donors (Lipinski definition) is 1. The van der Waals surface area contributed by atoms with E-state index in [-0.39, 0.29) is 6.03 Å². The van der Waals surface area contributed by atoms with Gasteiger partial charge in [-0.25, -0.2) is 4.79 Å². The highest BCUT2D eigenvalue weighted by atomic mass is 32.2. The number of urea groups is 1. The largest absolute Gasteiger partial charge is 0.323 e. The molecule has 1 fully saturated rings. The van der Waals surface area contributed by atoms with Crippen LogP contribution in [0, 0.1) is 11.3 Å². The summed E-state index contributed by atoms with van der Waals surface area (Å²) in [5.74, 6) is 2.00. The van der Waals surface area contributed by atoms with E-state index in [1.165, 1.54) is 0 Å². The average molecular weight is 275 g/mol. The molecule has 100 valence electrons. The van der Waals surface area contributed by atoms with Crippen molar-refractivity contribution in [3.63, 3.8) is 0 Å². The normalized spacial score (nSPS) is 14.8. The SMILES string of the molecule is CCc1cc(C#N)ccc1NC(=O)N1CCSCC1. The van der Waals surface area contributed by atoms with Crippen LogP contribution in [0.15, 0.2) is 18.2 Å². The number of nitriles is 1. The monoisotopic (exact) mass is 275 g/mol. The van der Waals surface area contributed by atoms with Crippen molar-refractivity contribution in [3.8, 4) is 6.07 Å². The first-order chi connectivity index (χ1) is 9.24. The van der Waals surface area contributed by atoms with Crippen LogP contribution in [0.4, 0.5) is 10.5 Å². The summed E-state index contributed by atoms with van der Waals surface area (Å²) in [7, 11) is 0. The number of rotatable bonds is 2. The highest BCUT2D eigenvalue weighted by molar-refractivity contribution is 7.99. The van der Waals surface area contributed by atoms with Gasteiger partial charge < -0.3 is 10.2 Å². The van der Waals surface area contributed by atoms with Crippen LogP contribution >= 0.6 is 11.8 Å². The second-order valence-electron chi connectivity index (χ2n) is 4.37. The maximum absolute atomic E-state index is 12.1. The van der Waals surface area contributed by atoms with Gasteiger partial charge in [0.15, 0.2) is 0 Å². The predicted octanol–water partition coefficient (Wildman–Crippen LogP) is 2.70. The Bertz CT molecular complexity index is 504. The van der Waals surface area contributed by atoms with E-state index in [2.05, 4.69) is 11.4 Å². The summed E-state index contributed by atoms with van der Waals surface area (Å²) in [5, 5.41) is 11.8. The summed E-state index contributed by atoms with van der Waals surface area (Å²) in [6.45, 7) is 3.62. The van der Waals surface area contributed by atoms with Gasteiger partial charge in [-0.2, -0.15) is 17.0 Å². The zero-order chi connectivity index (χ0) is 13.7. The number of carbonyl (C=O) groups is 1. The molecule has 1 aliphatic heterocycles. The van der Waals surface area contributed by atoms with Crippen molar-refractivity contribution in [3.05, 3.63) is 29.3 Å². The molecule has 2 amide bonds. The fourth-order valence-electron chi connectivity index (χ4n) is 2.04. The van der Waals surface area contributed by atoms with Crippen molar-refractivity contribution in [2.75, 3.05) is 29.9 Å². The number of anilines is 1. The Balaban J connectivity index is 2.09. The first-order valence-electron chi connectivity index (χ1n) is 6.41. The first-order valence-corrected chi connectivity index (χ1v) is 7.56. The van der Waals surface area contributed by atoms with Gasteiger partial charge in [0.05, 0.1) is 11.6 Å². The van der Waals surface area contributed by atoms with Crippen LogP contribution in [-0.4, -0.2) is 35.5 Å². The van der Waals surface area contributed by atoms with Crippen molar-refractivity contribution in [2.45, 2.75) is 13.3 Å². The van der Waals surface area contributed by atoms with Crippen molar-refractivity contribution < 1.29 is 4.79 Å². The molecule has 1 N–H and O–H groups in total.